The van der Waals surface area contributed by atoms with Gasteiger partial charge < -0.3 is 14.3 Å². The number of carboxylic acids is 1. The summed E-state index contributed by atoms with van der Waals surface area (Å²) in [4.78, 5) is 23.2. The van der Waals surface area contributed by atoms with Crippen molar-refractivity contribution in [2.45, 2.75) is 26.9 Å². The van der Waals surface area contributed by atoms with Crippen LogP contribution in [0.2, 0.25) is 0 Å². The molecule has 0 radical (unpaired) electrons. The number of rotatable bonds is 5. The summed E-state index contributed by atoms with van der Waals surface area (Å²) in [5.41, 5.74) is 2.41. The van der Waals surface area contributed by atoms with Crippen molar-refractivity contribution in [3.8, 4) is 5.75 Å². The van der Waals surface area contributed by atoms with Crippen LogP contribution in [-0.2, 0) is 17.8 Å². The van der Waals surface area contributed by atoms with Gasteiger partial charge in [-0.05, 0) is 60.2 Å². The Morgan fingerprint density at radius 2 is 1.88 bits per heavy atom. The van der Waals surface area contributed by atoms with Crippen LogP contribution in [0.1, 0.15) is 22.3 Å². The van der Waals surface area contributed by atoms with Crippen LogP contribution in [0.3, 0.4) is 0 Å². The van der Waals surface area contributed by atoms with Crippen LogP contribution in [-0.4, -0.2) is 11.1 Å². The third-order valence-electron chi connectivity index (χ3n) is 4.32. The molecule has 1 aromatic heterocycles. The zero-order chi connectivity index (χ0) is 18.8. The number of fused-ring (bicyclic) bond motifs is 1. The Kier molecular flexibility index (Phi) is 5.31. The van der Waals surface area contributed by atoms with E-state index in [1.165, 1.54) is 0 Å². The van der Waals surface area contributed by atoms with E-state index in [-0.39, 0.29) is 12.0 Å². The standard InChI is InChI=1S/C20H17IO5/c1-11-14-7-8-17(25-10-13-5-3-4-6-16(13)21)12(2)19(14)26-20(24)15(11)9-18(22)23/h3-8H,9-10H2,1-2H3,(H,22,23). The maximum absolute atomic E-state index is 12.2. The maximum atomic E-state index is 12.2. The van der Waals surface area contributed by atoms with Crippen molar-refractivity contribution < 1.29 is 19.1 Å². The van der Waals surface area contributed by atoms with Gasteiger partial charge in [0.2, 0.25) is 0 Å². The molecule has 0 unspecified atom stereocenters. The first-order valence-corrected chi connectivity index (χ1v) is 9.10. The Hall–Kier alpha value is -2.35. The molecule has 0 saturated carbocycles. The lowest BCUT2D eigenvalue weighted by Gasteiger charge is -2.13. The summed E-state index contributed by atoms with van der Waals surface area (Å²) in [6, 6.07) is 11.6. The summed E-state index contributed by atoms with van der Waals surface area (Å²) in [5, 5.41) is 9.71. The van der Waals surface area contributed by atoms with Crippen LogP contribution in [0, 0.1) is 17.4 Å². The molecule has 1 heterocycles. The Labute approximate surface area is 163 Å². The lowest BCUT2D eigenvalue weighted by molar-refractivity contribution is -0.136. The van der Waals surface area contributed by atoms with Gasteiger partial charge in [-0.3, -0.25) is 4.79 Å². The van der Waals surface area contributed by atoms with Crippen molar-refractivity contribution >= 4 is 39.5 Å². The van der Waals surface area contributed by atoms with E-state index in [0.29, 0.717) is 23.5 Å². The van der Waals surface area contributed by atoms with Gasteiger partial charge in [-0.2, -0.15) is 0 Å². The molecule has 0 aliphatic rings. The van der Waals surface area contributed by atoms with Gasteiger partial charge >= 0.3 is 11.6 Å². The molecule has 0 atom stereocenters. The molecule has 26 heavy (non-hydrogen) atoms. The SMILES string of the molecule is Cc1c(CC(=O)O)c(=O)oc2c(C)c(OCc3ccccc3I)ccc12. The van der Waals surface area contributed by atoms with E-state index < -0.39 is 11.6 Å². The van der Waals surface area contributed by atoms with Gasteiger partial charge in [-0.1, -0.05) is 18.2 Å². The summed E-state index contributed by atoms with van der Waals surface area (Å²) in [5.74, 6) is -0.431. The summed E-state index contributed by atoms with van der Waals surface area (Å²) in [7, 11) is 0. The number of carboxylic acid groups (broad SMARTS) is 1. The maximum Gasteiger partial charge on any atom is 0.340 e. The van der Waals surface area contributed by atoms with Crippen molar-refractivity contribution in [1.29, 1.82) is 0 Å². The lowest BCUT2D eigenvalue weighted by atomic mass is 10.0. The van der Waals surface area contributed by atoms with E-state index in [0.717, 1.165) is 20.1 Å². The second-order valence-corrected chi connectivity index (χ2v) is 7.17. The average molecular weight is 464 g/mol. The van der Waals surface area contributed by atoms with Crippen molar-refractivity contribution in [3.05, 3.63) is 72.6 Å². The van der Waals surface area contributed by atoms with Gasteiger partial charge in [0.25, 0.3) is 0 Å². The Bertz CT molecular complexity index is 1050. The molecular formula is C20H17IO5. The van der Waals surface area contributed by atoms with Gasteiger partial charge in [-0.15, -0.1) is 0 Å². The van der Waals surface area contributed by atoms with E-state index in [2.05, 4.69) is 22.6 Å². The molecule has 1 N–H and O–H groups in total. The van der Waals surface area contributed by atoms with Gasteiger partial charge in [0.05, 0.1) is 12.0 Å². The predicted molar refractivity (Wildman–Crippen MR) is 107 cm³/mol. The van der Waals surface area contributed by atoms with E-state index >= 15 is 0 Å². The monoisotopic (exact) mass is 464 g/mol. The third kappa shape index (κ3) is 3.60. The van der Waals surface area contributed by atoms with E-state index in [4.69, 9.17) is 14.3 Å². The molecule has 134 valence electrons. The van der Waals surface area contributed by atoms with Gasteiger partial charge in [0.15, 0.2) is 0 Å². The van der Waals surface area contributed by atoms with Crippen LogP contribution in [0.25, 0.3) is 11.0 Å². The Morgan fingerprint density at radius 3 is 2.58 bits per heavy atom. The number of aryl methyl sites for hydroxylation is 2. The first-order chi connectivity index (χ1) is 12.4. The molecule has 3 rings (SSSR count). The quantitative estimate of drug-likeness (QED) is 0.452. The molecule has 6 heteroatoms. The molecular weight excluding hydrogens is 447 g/mol. The van der Waals surface area contributed by atoms with Crippen molar-refractivity contribution in [2.75, 3.05) is 0 Å². The predicted octanol–water partition coefficient (Wildman–Crippen LogP) is 4.22. The molecule has 2 aromatic carbocycles. The summed E-state index contributed by atoms with van der Waals surface area (Å²) in [6.07, 6.45) is -0.353. The van der Waals surface area contributed by atoms with Crippen LogP contribution < -0.4 is 10.4 Å². The fraction of sp³-hybridized carbons (Fsp3) is 0.200. The molecule has 3 aromatic rings. The highest BCUT2D eigenvalue weighted by Crippen LogP contribution is 2.30. The fourth-order valence-corrected chi connectivity index (χ4v) is 3.40. The topological polar surface area (TPSA) is 76.7 Å². The number of ether oxygens (including phenoxy) is 1. The third-order valence-corrected chi connectivity index (χ3v) is 5.38. The number of hydrogen-bond donors (Lipinski definition) is 1. The molecule has 0 amide bonds. The first kappa shape index (κ1) is 18.4. The van der Waals surface area contributed by atoms with Crippen LogP contribution >= 0.6 is 22.6 Å². The van der Waals surface area contributed by atoms with E-state index in [9.17, 15) is 9.59 Å². The van der Waals surface area contributed by atoms with Gasteiger partial charge in [-0.25, -0.2) is 4.79 Å². The van der Waals surface area contributed by atoms with Crippen LogP contribution in [0.5, 0.6) is 5.75 Å². The molecule has 5 nitrogen and oxygen atoms in total. The molecule has 0 aliphatic carbocycles. The highest BCUT2D eigenvalue weighted by Gasteiger charge is 2.17. The highest BCUT2D eigenvalue weighted by atomic mass is 127. The van der Waals surface area contributed by atoms with Gasteiger partial charge in [0.1, 0.15) is 17.9 Å². The number of carbonyl (C=O) groups is 1. The van der Waals surface area contributed by atoms with Crippen LogP contribution in [0.4, 0.5) is 0 Å². The molecule has 0 saturated heterocycles. The first-order valence-electron chi connectivity index (χ1n) is 8.02. The summed E-state index contributed by atoms with van der Waals surface area (Å²) in [6.45, 7) is 3.97. The van der Waals surface area contributed by atoms with Crippen molar-refractivity contribution in [1.82, 2.24) is 0 Å². The highest BCUT2D eigenvalue weighted by molar-refractivity contribution is 14.1. The second-order valence-electron chi connectivity index (χ2n) is 6.01. The second kappa shape index (κ2) is 7.49. The average Bonchev–Trinajstić information content (AvgIpc) is 2.60. The minimum Gasteiger partial charge on any atom is -0.488 e. The Morgan fingerprint density at radius 1 is 1.15 bits per heavy atom. The van der Waals surface area contributed by atoms with Crippen molar-refractivity contribution in [3.63, 3.8) is 0 Å². The summed E-state index contributed by atoms with van der Waals surface area (Å²) >= 11 is 2.26. The minimum atomic E-state index is -1.06. The van der Waals surface area contributed by atoms with E-state index in [1.54, 1.807) is 13.0 Å². The zero-order valence-corrected chi connectivity index (χ0v) is 16.5. The van der Waals surface area contributed by atoms with E-state index in [1.807, 2.05) is 37.3 Å². The summed E-state index contributed by atoms with van der Waals surface area (Å²) < 4.78 is 12.5. The number of halogens is 1. The molecule has 0 spiro atoms. The number of aliphatic carboxylic acids is 1. The molecule has 0 bridgehead atoms. The molecule has 0 fully saturated rings. The lowest BCUT2D eigenvalue weighted by Crippen LogP contribution is -2.15. The number of benzene rings is 2. The van der Waals surface area contributed by atoms with Crippen molar-refractivity contribution in [2.24, 2.45) is 0 Å². The Balaban J connectivity index is 1.99. The largest absolute Gasteiger partial charge is 0.488 e. The zero-order valence-electron chi connectivity index (χ0n) is 14.3. The smallest absolute Gasteiger partial charge is 0.340 e. The molecule has 0 aliphatic heterocycles. The minimum absolute atomic E-state index is 0.178. The fourth-order valence-electron chi connectivity index (χ4n) is 2.85. The number of hydrogen-bond acceptors (Lipinski definition) is 4. The normalized spacial score (nSPS) is 10.9. The van der Waals surface area contributed by atoms with Gasteiger partial charge in [0, 0.05) is 20.1 Å². The van der Waals surface area contributed by atoms with Crippen LogP contribution in [0.15, 0.2) is 45.6 Å².